The predicted octanol–water partition coefficient (Wildman–Crippen LogP) is 3.57. The van der Waals surface area contributed by atoms with Crippen LogP contribution in [0.2, 0.25) is 0 Å². The monoisotopic (exact) mass is 218 g/mol. The van der Waals surface area contributed by atoms with Gasteiger partial charge in [-0.15, -0.1) is 0 Å². The fourth-order valence-electron chi connectivity index (χ4n) is 2.59. The molecule has 1 atom stereocenters. The first-order valence-electron chi connectivity index (χ1n) is 6.12. The summed E-state index contributed by atoms with van der Waals surface area (Å²) in [6.45, 7) is 6.78. The van der Waals surface area contributed by atoms with Crippen LogP contribution < -0.4 is 11.1 Å². The number of benzene rings is 1. The molecule has 0 aliphatic heterocycles. The first-order chi connectivity index (χ1) is 7.50. The van der Waals surface area contributed by atoms with Crippen LogP contribution in [0.3, 0.4) is 0 Å². The lowest BCUT2D eigenvalue weighted by molar-refractivity contribution is 0.350. The third-order valence-electron chi connectivity index (χ3n) is 3.96. The van der Waals surface area contributed by atoms with Gasteiger partial charge in [0.05, 0.1) is 0 Å². The van der Waals surface area contributed by atoms with Gasteiger partial charge in [-0.2, -0.15) is 0 Å². The smallest absolute Gasteiger partial charge is 0.0392 e. The van der Waals surface area contributed by atoms with Gasteiger partial charge in [-0.25, -0.2) is 0 Å². The van der Waals surface area contributed by atoms with Crippen LogP contribution >= 0.6 is 0 Å². The van der Waals surface area contributed by atoms with E-state index >= 15 is 0 Å². The zero-order valence-corrected chi connectivity index (χ0v) is 10.5. The van der Waals surface area contributed by atoms with Crippen LogP contribution in [0.4, 0.5) is 11.4 Å². The van der Waals surface area contributed by atoms with Crippen LogP contribution in [0, 0.1) is 12.3 Å². The molecule has 0 heterocycles. The molecule has 1 aliphatic carbocycles. The summed E-state index contributed by atoms with van der Waals surface area (Å²) in [7, 11) is 0. The van der Waals surface area contributed by atoms with E-state index in [1.807, 2.05) is 12.1 Å². The maximum atomic E-state index is 5.92. The van der Waals surface area contributed by atoms with Crippen molar-refractivity contribution >= 4 is 11.4 Å². The molecular weight excluding hydrogens is 196 g/mol. The minimum atomic E-state index is 0.400. The second-order valence-corrected chi connectivity index (χ2v) is 5.60. The van der Waals surface area contributed by atoms with Crippen molar-refractivity contribution in [2.75, 3.05) is 11.1 Å². The van der Waals surface area contributed by atoms with Crippen molar-refractivity contribution in [3.05, 3.63) is 23.8 Å². The minimum Gasteiger partial charge on any atom is -0.398 e. The van der Waals surface area contributed by atoms with E-state index in [9.17, 15) is 0 Å². The first-order valence-corrected chi connectivity index (χ1v) is 6.12. The molecular formula is C14H22N2. The lowest BCUT2D eigenvalue weighted by atomic mass is 9.87. The highest BCUT2D eigenvalue weighted by atomic mass is 14.9. The maximum absolute atomic E-state index is 5.92. The van der Waals surface area contributed by atoms with Crippen molar-refractivity contribution in [3.63, 3.8) is 0 Å². The first kappa shape index (κ1) is 11.3. The van der Waals surface area contributed by atoms with Gasteiger partial charge in [0.2, 0.25) is 0 Å². The molecule has 1 aliphatic rings. The van der Waals surface area contributed by atoms with E-state index < -0.39 is 0 Å². The van der Waals surface area contributed by atoms with Gasteiger partial charge in [-0.05, 0) is 42.9 Å². The molecule has 0 aromatic heterocycles. The summed E-state index contributed by atoms with van der Waals surface area (Å²) in [6, 6.07) is 6.68. The second kappa shape index (κ2) is 4.00. The molecule has 2 heteroatoms. The molecule has 0 spiro atoms. The molecule has 1 fully saturated rings. The van der Waals surface area contributed by atoms with Crippen molar-refractivity contribution in [3.8, 4) is 0 Å². The minimum absolute atomic E-state index is 0.400. The van der Waals surface area contributed by atoms with Crippen molar-refractivity contribution < 1.29 is 0 Å². The van der Waals surface area contributed by atoms with Crippen molar-refractivity contribution in [2.24, 2.45) is 5.41 Å². The van der Waals surface area contributed by atoms with E-state index in [1.165, 1.54) is 30.5 Å². The van der Waals surface area contributed by atoms with E-state index in [0.717, 1.165) is 5.69 Å². The zero-order chi connectivity index (χ0) is 11.8. The van der Waals surface area contributed by atoms with Crippen LogP contribution in [-0.2, 0) is 0 Å². The highest BCUT2D eigenvalue weighted by Crippen LogP contribution is 2.39. The van der Waals surface area contributed by atoms with Gasteiger partial charge in [-0.3, -0.25) is 0 Å². The van der Waals surface area contributed by atoms with Gasteiger partial charge in [0.1, 0.15) is 0 Å². The fraction of sp³-hybridized carbons (Fsp3) is 0.571. The lowest BCUT2D eigenvalue weighted by Gasteiger charge is -2.29. The molecule has 3 N–H and O–H groups in total. The number of rotatable bonds is 2. The Bertz CT molecular complexity index is 382. The Morgan fingerprint density at radius 2 is 2.12 bits per heavy atom. The summed E-state index contributed by atoms with van der Waals surface area (Å²) >= 11 is 0. The van der Waals surface area contributed by atoms with Gasteiger partial charge < -0.3 is 11.1 Å². The van der Waals surface area contributed by atoms with Crippen LogP contribution in [0.5, 0.6) is 0 Å². The average Bonchev–Trinajstić information content (AvgIpc) is 2.54. The number of nitrogens with one attached hydrogen (secondary N) is 1. The standard InChI is InChI=1S/C14H22N2/c1-10-11(15)6-4-7-12(10)16-13-8-5-9-14(13,2)3/h4,6-7,13,16H,5,8-9,15H2,1-3H3. The molecule has 0 radical (unpaired) electrons. The molecule has 2 rings (SSSR count). The van der Waals surface area contributed by atoms with Crippen LogP contribution in [0.25, 0.3) is 0 Å². The van der Waals surface area contributed by atoms with Gasteiger partial charge in [-0.1, -0.05) is 26.3 Å². The largest absolute Gasteiger partial charge is 0.398 e. The molecule has 2 nitrogen and oxygen atoms in total. The Kier molecular flexibility index (Phi) is 2.83. The number of hydrogen-bond donors (Lipinski definition) is 2. The molecule has 88 valence electrons. The van der Waals surface area contributed by atoms with Gasteiger partial charge in [0, 0.05) is 17.4 Å². The van der Waals surface area contributed by atoms with Crippen LogP contribution in [0.1, 0.15) is 38.7 Å². The fourth-order valence-corrected chi connectivity index (χ4v) is 2.59. The van der Waals surface area contributed by atoms with Crippen molar-refractivity contribution in [2.45, 2.75) is 46.1 Å². The van der Waals surface area contributed by atoms with E-state index in [0.29, 0.717) is 11.5 Å². The molecule has 0 saturated heterocycles. The third kappa shape index (κ3) is 2.01. The summed E-state index contributed by atoms with van der Waals surface area (Å²) in [6.07, 6.45) is 3.90. The topological polar surface area (TPSA) is 38.0 Å². The summed E-state index contributed by atoms with van der Waals surface area (Å²) in [5, 5.41) is 3.66. The summed E-state index contributed by atoms with van der Waals surface area (Å²) in [5.41, 5.74) is 9.56. The van der Waals surface area contributed by atoms with Gasteiger partial charge >= 0.3 is 0 Å². The Labute approximate surface area is 98.2 Å². The molecule has 1 aromatic rings. The van der Waals surface area contributed by atoms with E-state index in [1.54, 1.807) is 0 Å². The molecule has 1 unspecified atom stereocenters. The maximum Gasteiger partial charge on any atom is 0.0392 e. The normalized spacial score (nSPS) is 23.3. The van der Waals surface area contributed by atoms with E-state index in [-0.39, 0.29) is 0 Å². The van der Waals surface area contributed by atoms with Crippen molar-refractivity contribution in [1.82, 2.24) is 0 Å². The molecule has 16 heavy (non-hydrogen) atoms. The predicted molar refractivity (Wildman–Crippen MR) is 70.6 cm³/mol. The summed E-state index contributed by atoms with van der Waals surface area (Å²) in [4.78, 5) is 0. The van der Waals surface area contributed by atoms with Crippen LogP contribution in [-0.4, -0.2) is 6.04 Å². The highest BCUT2D eigenvalue weighted by Gasteiger charge is 2.34. The van der Waals surface area contributed by atoms with Gasteiger partial charge in [0.15, 0.2) is 0 Å². The lowest BCUT2D eigenvalue weighted by Crippen LogP contribution is -2.31. The molecule has 1 saturated carbocycles. The Morgan fingerprint density at radius 3 is 2.75 bits per heavy atom. The molecule has 0 amide bonds. The van der Waals surface area contributed by atoms with E-state index in [4.69, 9.17) is 5.73 Å². The third-order valence-corrected chi connectivity index (χ3v) is 3.96. The number of anilines is 2. The Hall–Kier alpha value is -1.18. The Balaban J connectivity index is 2.18. The molecule has 0 bridgehead atoms. The van der Waals surface area contributed by atoms with Crippen molar-refractivity contribution in [1.29, 1.82) is 0 Å². The Morgan fingerprint density at radius 1 is 1.38 bits per heavy atom. The van der Waals surface area contributed by atoms with Gasteiger partial charge in [0.25, 0.3) is 0 Å². The quantitative estimate of drug-likeness (QED) is 0.745. The molecule has 1 aromatic carbocycles. The average molecular weight is 218 g/mol. The second-order valence-electron chi connectivity index (χ2n) is 5.60. The number of hydrogen-bond acceptors (Lipinski definition) is 2. The van der Waals surface area contributed by atoms with Crippen LogP contribution in [0.15, 0.2) is 18.2 Å². The number of nitrogen functional groups attached to an aromatic ring is 1. The zero-order valence-electron chi connectivity index (χ0n) is 10.5. The van der Waals surface area contributed by atoms with E-state index in [2.05, 4.69) is 32.2 Å². The SMILES string of the molecule is Cc1c(N)cccc1NC1CCCC1(C)C. The summed E-state index contributed by atoms with van der Waals surface area (Å²) < 4.78 is 0. The number of nitrogens with two attached hydrogens (primary N) is 1. The summed E-state index contributed by atoms with van der Waals surface area (Å²) in [5.74, 6) is 0. The highest BCUT2D eigenvalue weighted by molar-refractivity contribution is 5.63.